The van der Waals surface area contributed by atoms with Crippen molar-refractivity contribution in [2.24, 2.45) is 0 Å². The number of pyridine rings is 1. The molecular formula is C19H15ClN2O4. The summed E-state index contributed by atoms with van der Waals surface area (Å²) in [5, 5.41) is 3.50. The largest absolute Gasteiger partial charge is 0.462 e. The standard InChI is InChI=1S/C19H15ClN2O4/c1-2-26-19(25)11-3-6-13(7-4-11)22-18(24)15-10-21-16-9-12(20)5-8-14(16)17(15)23/h3-10H,2H2,1H3,(H,21,23)(H,22,24). The average molecular weight is 371 g/mol. The Morgan fingerprint density at radius 3 is 2.58 bits per heavy atom. The van der Waals surface area contributed by atoms with E-state index in [1.165, 1.54) is 6.20 Å². The number of carbonyl (C=O) groups excluding carboxylic acids is 2. The number of hydrogen-bond acceptors (Lipinski definition) is 4. The van der Waals surface area contributed by atoms with Gasteiger partial charge >= 0.3 is 5.97 Å². The number of ether oxygens (including phenoxy) is 1. The summed E-state index contributed by atoms with van der Waals surface area (Å²) in [6.07, 6.45) is 1.35. The van der Waals surface area contributed by atoms with Gasteiger partial charge in [-0.3, -0.25) is 9.59 Å². The number of fused-ring (bicyclic) bond motifs is 1. The normalized spacial score (nSPS) is 10.5. The van der Waals surface area contributed by atoms with Gasteiger partial charge in [-0.15, -0.1) is 0 Å². The van der Waals surface area contributed by atoms with Crippen LogP contribution in [0.2, 0.25) is 5.02 Å². The maximum atomic E-state index is 12.5. The number of hydrogen-bond donors (Lipinski definition) is 2. The molecule has 0 aliphatic heterocycles. The maximum Gasteiger partial charge on any atom is 0.338 e. The second kappa shape index (κ2) is 7.41. The second-order valence-electron chi connectivity index (χ2n) is 5.47. The first kappa shape index (κ1) is 17.7. The van der Waals surface area contributed by atoms with Crippen LogP contribution in [0.15, 0.2) is 53.5 Å². The van der Waals surface area contributed by atoms with Crippen LogP contribution >= 0.6 is 11.6 Å². The molecule has 0 spiro atoms. The van der Waals surface area contributed by atoms with Gasteiger partial charge in [0.2, 0.25) is 5.43 Å². The zero-order valence-electron chi connectivity index (χ0n) is 13.8. The van der Waals surface area contributed by atoms with Gasteiger partial charge in [-0.1, -0.05) is 11.6 Å². The van der Waals surface area contributed by atoms with Crippen LogP contribution in [0.5, 0.6) is 0 Å². The Bertz CT molecular complexity index is 1040. The van der Waals surface area contributed by atoms with Gasteiger partial charge in [-0.05, 0) is 49.4 Å². The molecule has 0 saturated heterocycles. The van der Waals surface area contributed by atoms with Crippen molar-refractivity contribution in [3.05, 3.63) is 75.0 Å². The van der Waals surface area contributed by atoms with Crippen LogP contribution in [0.25, 0.3) is 10.9 Å². The molecule has 3 rings (SSSR count). The van der Waals surface area contributed by atoms with Crippen molar-refractivity contribution in [3.63, 3.8) is 0 Å². The molecule has 7 heteroatoms. The number of anilines is 1. The summed E-state index contributed by atoms with van der Waals surface area (Å²) in [7, 11) is 0. The van der Waals surface area contributed by atoms with Crippen molar-refractivity contribution >= 4 is 40.1 Å². The predicted molar refractivity (Wildman–Crippen MR) is 99.9 cm³/mol. The highest BCUT2D eigenvalue weighted by Crippen LogP contribution is 2.16. The van der Waals surface area contributed by atoms with Crippen molar-refractivity contribution in [2.45, 2.75) is 6.92 Å². The maximum absolute atomic E-state index is 12.5. The lowest BCUT2D eigenvalue weighted by Crippen LogP contribution is -2.22. The number of aromatic nitrogens is 1. The second-order valence-corrected chi connectivity index (χ2v) is 5.91. The molecule has 1 aromatic heterocycles. The van der Waals surface area contributed by atoms with E-state index in [1.54, 1.807) is 49.4 Å². The third kappa shape index (κ3) is 3.60. The fraction of sp³-hybridized carbons (Fsp3) is 0.105. The molecule has 1 amide bonds. The van der Waals surface area contributed by atoms with E-state index in [4.69, 9.17) is 16.3 Å². The highest BCUT2D eigenvalue weighted by Gasteiger charge is 2.14. The molecule has 0 saturated carbocycles. The van der Waals surface area contributed by atoms with Gasteiger partial charge in [0.1, 0.15) is 5.56 Å². The highest BCUT2D eigenvalue weighted by atomic mass is 35.5. The van der Waals surface area contributed by atoms with Gasteiger partial charge in [-0.25, -0.2) is 4.79 Å². The molecule has 3 aromatic rings. The SMILES string of the molecule is CCOC(=O)c1ccc(NC(=O)c2c[nH]c3cc(Cl)ccc3c2=O)cc1. The van der Waals surface area contributed by atoms with Crippen molar-refractivity contribution in [1.82, 2.24) is 4.98 Å². The minimum absolute atomic E-state index is 0.0192. The number of rotatable bonds is 4. The topological polar surface area (TPSA) is 88.3 Å². The van der Waals surface area contributed by atoms with Gasteiger partial charge in [0, 0.05) is 22.3 Å². The Labute approximate surface area is 153 Å². The molecule has 0 fully saturated rings. The third-order valence-electron chi connectivity index (χ3n) is 3.74. The smallest absolute Gasteiger partial charge is 0.338 e. The van der Waals surface area contributed by atoms with Crippen LogP contribution in [-0.2, 0) is 4.74 Å². The van der Waals surface area contributed by atoms with Gasteiger partial charge in [-0.2, -0.15) is 0 Å². The van der Waals surface area contributed by atoms with E-state index >= 15 is 0 Å². The number of aromatic amines is 1. The Morgan fingerprint density at radius 1 is 1.15 bits per heavy atom. The van der Waals surface area contributed by atoms with E-state index in [1.807, 2.05) is 0 Å². The molecule has 0 atom stereocenters. The van der Waals surface area contributed by atoms with Crippen LogP contribution in [-0.4, -0.2) is 23.5 Å². The van der Waals surface area contributed by atoms with Gasteiger partial charge < -0.3 is 15.0 Å². The molecule has 0 unspecified atom stereocenters. The lowest BCUT2D eigenvalue weighted by atomic mass is 10.1. The van der Waals surface area contributed by atoms with Crippen molar-refractivity contribution in [2.75, 3.05) is 11.9 Å². The molecule has 2 aromatic carbocycles. The summed E-state index contributed by atoms with van der Waals surface area (Å²) in [5.74, 6) is -0.984. The number of benzene rings is 2. The fourth-order valence-electron chi connectivity index (χ4n) is 2.47. The Kier molecular flexibility index (Phi) is 5.04. The summed E-state index contributed by atoms with van der Waals surface area (Å²) in [6.45, 7) is 2.01. The Hall–Kier alpha value is -3.12. The average Bonchev–Trinajstić information content (AvgIpc) is 2.62. The van der Waals surface area contributed by atoms with E-state index in [0.29, 0.717) is 27.2 Å². The molecular weight excluding hydrogens is 356 g/mol. The van der Waals surface area contributed by atoms with Crippen LogP contribution in [0.4, 0.5) is 5.69 Å². The molecule has 1 heterocycles. The molecule has 6 nitrogen and oxygen atoms in total. The molecule has 0 aliphatic carbocycles. The van der Waals surface area contributed by atoms with Crippen LogP contribution in [0, 0.1) is 0 Å². The Morgan fingerprint density at radius 2 is 1.88 bits per heavy atom. The van der Waals surface area contributed by atoms with Crippen molar-refractivity contribution in [1.29, 1.82) is 0 Å². The van der Waals surface area contributed by atoms with Crippen LogP contribution in [0.3, 0.4) is 0 Å². The zero-order valence-corrected chi connectivity index (χ0v) is 14.6. The first-order valence-corrected chi connectivity index (χ1v) is 8.27. The summed E-state index contributed by atoms with van der Waals surface area (Å²) < 4.78 is 4.90. The van der Waals surface area contributed by atoms with Gasteiger partial charge in [0.15, 0.2) is 0 Å². The highest BCUT2D eigenvalue weighted by molar-refractivity contribution is 6.31. The molecule has 132 valence electrons. The summed E-state index contributed by atoms with van der Waals surface area (Å²) in [4.78, 5) is 39.4. The summed E-state index contributed by atoms with van der Waals surface area (Å²) in [5.41, 5.74) is 0.979. The zero-order chi connectivity index (χ0) is 18.7. The number of carbonyl (C=O) groups is 2. The van der Waals surface area contributed by atoms with Crippen LogP contribution < -0.4 is 10.7 Å². The van der Waals surface area contributed by atoms with E-state index in [0.717, 1.165) is 0 Å². The van der Waals surface area contributed by atoms with E-state index in [-0.39, 0.29) is 12.2 Å². The van der Waals surface area contributed by atoms with Crippen molar-refractivity contribution in [3.8, 4) is 0 Å². The molecule has 0 radical (unpaired) electrons. The lowest BCUT2D eigenvalue weighted by molar-refractivity contribution is 0.0526. The molecule has 0 bridgehead atoms. The van der Waals surface area contributed by atoms with Crippen molar-refractivity contribution < 1.29 is 14.3 Å². The number of amides is 1. The quantitative estimate of drug-likeness (QED) is 0.687. The number of esters is 1. The summed E-state index contributed by atoms with van der Waals surface area (Å²) >= 11 is 5.90. The van der Waals surface area contributed by atoms with Gasteiger partial charge in [0.05, 0.1) is 17.7 Å². The van der Waals surface area contributed by atoms with E-state index in [9.17, 15) is 14.4 Å². The third-order valence-corrected chi connectivity index (χ3v) is 3.98. The number of H-pyrrole nitrogens is 1. The minimum atomic E-state index is -0.549. The number of halogens is 1. The monoisotopic (exact) mass is 370 g/mol. The lowest BCUT2D eigenvalue weighted by Gasteiger charge is -2.07. The summed E-state index contributed by atoms with van der Waals surface area (Å²) in [6, 6.07) is 11.0. The Balaban J connectivity index is 1.83. The predicted octanol–water partition coefficient (Wildman–Crippen LogP) is 3.61. The first-order chi connectivity index (χ1) is 12.5. The molecule has 26 heavy (non-hydrogen) atoms. The molecule has 2 N–H and O–H groups in total. The minimum Gasteiger partial charge on any atom is -0.462 e. The van der Waals surface area contributed by atoms with Gasteiger partial charge in [0.25, 0.3) is 5.91 Å². The first-order valence-electron chi connectivity index (χ1n) is 7.89. The fourth-order valence-corrected chi connectivity index (χ4v) is 2.64. The molecule has 0 aliphatic rings. The van der Waals surface area contributed by atoms with Crippen LogP contribution in [0.1, 0.15) is 27.6 Å². The van der Waals surface area contributed by atoms with E-state index in [2.05, 4.69) is 10.3 Å². The number of nitrogens with one attached hydrogen (secondary N) is 2. The van der Waals surface area contributed by atoms with E-state index < -0.39 is 17.3 Å².